The summed E-state index contributed by atoms with van der Waals surface area (Å²) >= 11 is 0. The Kier molecular flexibility index (Phi) is 5.06. The van der Waals surface area contributed by atoms with E-state index in [4.69, 9.17) is 5.11 Å². The summed E-state index contributed by atoms with van der Waals surface area (Å²) in [6.45, 7) is 1.63. The van der Waals surface area contributed by atoms with E-state index in [1.807, 2.05) is 0 Å². The molecule has 0 aliphatic heterocycles. The van der Waals surface area contributed by atoms with Crippen LogP contribution in [-0.2, 0) is 20.3 Å². The molecule has 0 saturated carbocycles. The van der Waals surface area contributed by atoms with Gasteiger partial charge in [-0.3, -0.25) is 9.00 Å². The van der Waals surface area contributed by atoms with E-state index in [0.717, 1.165) is 0 Å². The van der Waals surface area contributed by atoms with Crippen LogP contribution in [0.25, 0.3) is 0 Å². The van der Waals surface area contributed by atoms with Gasteiger partial charge in [-0.15, -0.1) is 0 Å². The first-order valence-electron chi connectivity index (χ1n) is 3.15. The highest BCUT2D eigenvalue weighted by molar-refractivity contribution is 7.85. The van der Waals surface area contributed by atoms with Crippen LogP contribution in [0.3, 0.4) is 0 Å². The van der Waals surface area contributed by atoms with Gasteiger partial charge in [-0.05, 0) is 0 Å². The molecule has 2 atom stereocenters. The third kappa shape index (κ3) is 4.92. The Morgan fingerprint density at radius 2 is 2.27 bits per heavy atom. The van der Waals surface area contributed by atoms with Crippen LogP contribution in [0.5, 0.6) is 0 Å². The lowest BCUT2D eigenvalue weighted by molar-refractivity contribution is -0.136. The average Bonchev–Trinajstić information content (AvgIpc) is 1.86. The van der Waals surface area contributed by atoms with Gasteiger partial charge in [0.15, 0.2) is 0 Å². The minimum Gasteiger partial charge on any atom is -0.481 e. The molecule has 66 valence electrons. The number of rotatable bonds is 5. The molecule has 0 spiro atoms. The van der Waals surface area contributed by atoms with Crippen LogP contribution in [0.1, 0.15) is 13.3 Å². The molecule has 0 aliphatic carbocycles. The standard InChI is InChI=1S/C6H12O4S/c1-5(3-6(7)8)11(9)4-10-2/h5H,3-4H2,1-2H3,(H,7,8). The maximum Gasteiger partial charge on any atom is 0.304 e. The highest BCUT2D eigenvalue weighted by Gasteiger charge is 2.13. The number of ether oxygens (including phenoxy) is 1. The maximum atomic E-state index is 11.0. The normalized spacial score (nSPS) is 15.8. The number of hydrogen-bond donors (Lipinski definition) is 1. The van der Waals surface area contributed by atoms with Crippen LogP contribution < -0.4 is 0 Å². The zero-order valence-electron chi connectivity index (χ0n) is 6.57. The minimum atomic E-state index is -1.19. The Morgan fingerprint density at radius 1 is 1.73 bits per heavy atom. The van der Waals surface area contributed by atoms with Crippen molar-refractivity contribution in [3.05, 3.63) is 0 Å². The van der Waals surface area contributed by atoms with Gasteiger partial charge in [0.05, 0.1) is 17.2 Å². The smallest absolute Gasteiger partial charge is 0.304 e. The molecule has 0 heterocycles. The molecule has 0 amide bonds. The first-order chi connectivity index (χ1) is 5.07. The Labute approximate surface area is 68.0 Å². The second kappa shape index (κ2) is 5.26. The Morgan fingerprint density at radius 3 is 2.64 bits per heavy atom. The molecule has 11 heavy (non-hydrogen) atoms. The van der Waals surface area contributed by atoms with Gasteiger partial charge in [0, 0.05) is 12.4 Å². The number of carboxylic acids is 1. The Bertz CT molecular complexity index is 157. The summed E-state index contributed by atoms with van der Waals surface area (Å²) in [6.07, 6.45) is -0.0734. The predicted molar refractivity (Wildman–Crippen MR) is 41.7 cm³/mol. The van der Waals surface area contributed by atoms with Gasteiger partial charge in [-0.25, -0.2) is 0 Å². The van der Waals surface area contributed by atoms with E-state index in [9.17, 15) is 9.00 Å². The fourth-order valence-electron chi connectivity index (χ4n) is 0.571. The summed E-state index contributed by atoms with van der Waals surface area (Å²) in [5.41, 5.74) is 0. The molecule has 0 aromatic rings. The van der Waals surface area contributed by atoms with Gasteiger partial charge in [-0.1, -0.05) is 6.92 Å². The van der Waals surface area contributed by atoms with Crippen molar-refractivity contribution in [2.75, 3.05) is 13.0 Å². The summed E-state index contributed by atoms with van der Waals surface area (Å²) < 4.78 is 15.6. The average molecular weight is 180 g/mol. The third-order valence-corrected chi connectivity index (χ3v) is 2.68. The summed E-state index contributed by atoms with van der Waals surface area (Å²) in [4.78, 5) is 10.1. The lowest BCUT2D eigenvalue weighted by Gasteiger charge is -2.06. The highest BCUT2D eigenvalue weighted by Crippen LogP contribution is 2.01. The monoisotopic (exact) mass is 180 g/mol. The number of carboxylic acid groups (broad SMARTS) is 1. The number of hydrogen-bond acceptors (Lipinski definition) is 3. The van der Waals surface area contributed by atoms with Gasteiger partial charge in [0.1, 0.15) is 5.94 Å². The van der Waals surface area contributed by atoms with Crippen molar-refractivity contribution in [1.82, 2.24) is 0 Å². The number of methoxy groups -OCH3 is 1. The van der Waals surface area contributed by atoms with E-state index in [0.29, 0.717) is 0 Å². The molecule has 0 bridgehead atoms. The molecule has 1 N–H and O–H groups in total. The fourth-order valence-corrected chi connectivity index (χ4v) is 1.36. The summed E-state index contributed by atoms with van der Waals surface area (Å²) in [7, 11) is 0.247. The van der Waals surface area contributed by atoms with Gasteiger partial charge >= 0.3 is 5.97 Å². The van der Waals surface area contributed by atoms with Crippen LogP contribution in [0.15, 0.2) is 0 Å². The molecular weight excluding hydrogens is 168 g/mol. The van der Waals surface area contributed by atoms with Crippen molar-refractivity contribution in [3.63, 3.8) is 0 Å². The molecule has 4 nitrogen and oxygen atoms in total. The molecule has 0 fully saturated rings. The molecule has 5 heteroatoms. The number of aliphatic carboxylic acids is 1. The predicted octanol–water partition coefficient (Wildman–Crippen LogP) is 0.202. The van der Waals surface area contributed by atoms with Gasteiger partial charge < -0.3 is 9.84 Å². The van der Waals surface area contributed by atoms with E-state index in [1.54, 1.807) is 6.92 Å². The minimum absolute atomic E-state index is 0.0734. The molecule has 0 radical (unpaired) electrons. The molecule has 0 rings (SSSR count). The van der Waals surface area contributed by atoms with Crippen molar-refractivity contribution in [2.24, 2.45) is 0 Å². The number of carbonyl (C=O) groups is 1. The second-order valence-electron chi connectivity index (χ2n) is 2.20. The van der Waals surface area contributed by atoms with Crippen LogP contribution >= 0.6 is 0 Å². The lowest BCUT2D eigenvalue weighted by atomic mass is 10.3. The first-order valence-corrected chi connectivity index (χ1v) is 4.54. The third-order valence-electron chi connectivity index (χ3n) is 1.14. The molecule has 0 aromatic heterocycles. The summed E-state index contributed by atoms with van der Waals surface area (Å²) in [5, 5.41) is 7.99. The topological polar surface area (TPSA) is 63.6 Å². The van der Waals surface area contributed by atoms with Gasteiger partial charge in [0.2, 0.25) is 0 Å². The van der Waals surface area contributed by atoms with Crippen molar-refractivity contribution >= 4 is 16.8 Å². The maximum absolute atomic E-state index is 11.0. The van der Waals surface area contributed by atoms with Crippen molar-refractivity contribution in [2.45, 2.75) is 18.6 Å². The second-order valence-corrected chi connectivity index (χ2v) is 4.00. The molecule has 0 aliphatic rings. The largest absolute Gasteiger partial charge is 0.481 e. The molecular formula is C6H12O4S. The first kappa shape index (κ1) is 10.6. The Hall–Kier alpha value is -0.420. The zero-order valence-corrected chi connectivity index (χ0v) is 7.39. The van der Waals surface area contributed by atoms with Crippen LogP contribution in [0, 0.1) is 0 Å². The van der Waals surface area contributed by atoms with Crippen molar-refractivity contribution in [1.29, 1.82) is 0 Å². The SMILES string of the molecule is COCS(=O)C(C)CC(=O)O. The van der Waals surface area contributed by atoms with Crippen LogP contribution in [-0.4, -0.2) is 33.6 Å². The van der Waals surface area contributed by atoms with E-state index < -0.39 is 16.8 Å². The summed E-state index contributed by atoms with van der Waals surface area (Å²) in [6, 6.07) is 0. The van der Waals surface area contributed by atoms with Gasteiger partial charge in [-0.2, -0.15) is 0 Å². The fraction of sp³-hybridized carbons (Fsp3) is 0.833. The highest BCUT2D eigenvalue weighted by atomic mass is 32.2. The summed E-state index contributed by atoms with van der Waals surface area (Å²) in [5.74, 6) is -0.823. The molecule has 0 aromatic carbocycles. The molecule has 0 saturated heterocycles. The Balaban J connectivity index is 3.73. The van der Waals surface area contributed by atoms with E-state index in [2.05, 4.69) is 4.74 Å². The van der Waals surface area contributed by atoms with Crippen molar-refractivity contribution < 1.29 is 18.8 Å². The lowest BCUT2D eigenvalue weighted by Crippen LogP contribution is -2.18. The van der Waals surface area contributed by atoms with Crippen LogP contribution in [0.4, 0.5) is 0 Å². The van der Waals surface area contributed by atoms with E-state index in [1.165, 1.54) is 7.11 Å². The van der Waals surface area contributed by atoms with Crippen LogP contribution in [0.2, 0.25) is 0 Å². The molecule has 2 unspecified atom stereocenters. The zero-order chi connectivity index (χ0) is 8.85. The van der Waals surface area contributed by atoms with Gasteiger partial charge in [0.25, 0.3) is 0 Å². The quantitative estimate of drug-likeness (QED) is 0.656. The van der Waals surface area contributed by atoms with E-state index >= 15 is 0 Å². The van der Waals surface area contributed by atoms with Crippen molar-refractivity contribution in [3.8, 4) is 0 Å². The van der Waals surface area contributed by atoms with E-state index in [-0.39, 0.29) is 17.6 Å².